The summed E-state index contributed by atoms with van der Waals surface area (Å²) < 4.78 is 5.04. The monoisotopic (exact) mass is 232 g/mol. The van der Waals surface area contributed by atoms with Crippen molar-refractivity contribution in [1.29, 1.82) is 0 Å². The summed E-state index contributed by atoms with van der Waals surface area (Å²) in [5.41, 5.74) is 6.88. The number of phenols is 1. The molecule has 0 unspecified atom stereocenters. The van der Waals surface area contributed by atoms with E-state index in [1.165, 1.54) is 24.5 Å². The minimum atomic E-state index is -0.298. The molecule has 0 bridgehead atoms. The van der Waals surface area contributed by atoms with E-state index in [-0.39, 0.29) is 11.7 Å². The number of aryl methyl sites for hydroxylation is 1. The summed E-state index contributed by atoms with van der Waals surface area (Å²) in [6, 6.07) is 5.95. The Morgan fingerprint density at radius 1 is 1.41 bits per heavy atom. The van der Waals surface area contributed by atoms with Gasteiger partial charge in [0.25, 0.3) is 5.91 Å². The average Bonchev–Trinajstić information content (AvgIpc) is 2.68. The molecule has 5 nitrogen and oxygen atoms in total. The molecule has 2 rings (SSSR count). The van der Waals surface area contributed by atoms with Gasteiger partial charge in [0.05, 0.1) is 23.2 Å². The molecule has 0 atom stereocenters. The zero-order valence-corrected chi connectivity index (χ0v) is 9.23. The molecule has 2 aromatic rings. The first-order chi connectivity index (χ1) is 8.08. The first-order valence-electron chi connectivity index (χ1n) is 5.02. The second-order valence-electron chi connectivity index (χ2n) is 3.62. The summed E-state index contributed by atoms with van der Waals surface area (Å²) >= 11 is 0. The lowest BCUT2D eigenvalue weighted by atomic mass is 10.2. The highest BCUT2D eigenvalue weighted by molar-refractivity contribution is 6.06. The van der Waals surface area contributed by atoms with Gasteiger partial charge < -0.3 is 20.6 Å². The van der Waals surface area contributed by atoms with Gasteiger partial charge in [-0.3, -0.25) is 4.79 Å². The lowest BCUT2D eigenvalue weighted by molar-refractivity contribution is 0.102. The number of aromatic hydroxyl groups is 1. The summed E-state index contributed by atoms with van der Waals surface area (Å²) in [6.45, 7) is 1.70. The van der Waals surface area contributed by atoms with E-state index >= 15 is 0 Å². The number of rotatable bonds is 2. The van der Waals surface area contributed by atoms with Crippen LogP contribution in [0.3, 0.4) is 0 Å². The molecule has 0 aliphatic carbocycles. The van der Waals surface area contributed by atoms with E-state index in [4.69, 9.17) is 10.2 Å². The maximum Gasteiger partial charge on any atom is 0.259 e. The maximum atomic E-state index is 11.8. The van der Waals surface area contributed by atoms with Crippen LogP contribution < -0.4 is 11.1 Å². The van der Waals surface area contributed by atoms with Crippen molar-refractivity contribution in [2.24, 2.45) is 0 Å². The van der Waals surface area contributed by atoms with Crippen LogP contribution in [0.15, 0.2) is 34.9 Å². The highest BCUT2D eigenvalue weighted by Crippen LogP contribution is 2.24. The maximum absolute atomic E-state index is 11.8. The average molecular weight is 232 g/mol. The number of nitrogen functional groups attached to an aromatic ring is 1. The molecule has 1 aromatic carbocycles. The number of benzene rings is 1. The van der Waals surface area contributed by atoms with Crippen LogP contribution in [0, 0.1) is 6.92 Å². The Kier molecular flexibility index (Phi) is 2.74. The molecular formula is C12H12N2O3. The summed E-state index contributed by atoms with van der Waals surface area (Å²) in [4.78, 5) is 11.8. The summed E-state index contributed by atoms with van der Waals surface area (Å²) in [6.07, 6.45) is 1.45. The van der Waals surface area contributed by atoms with E-state index in [1.807, 2.05) is 0 Å². The van der Waals surface area contributed by atoms with Gasteiger partial charge in [-0.1, -0.05) is 0 Å². The number of carbonyl (C=O) groups is 1. The first-order valence-corrected chi connectivity index (χ1v) is 5.02. The van der Waals surface area contributed by atoms with Gasteiger partial charge in [0.1, 0.15) is 11.5 Å². The van der Waals surface area contributed by atoms with Crippen molar-refractivity contribution >= 4 is 17.3 Å². The molecule has 1 amide bonds. The molecule has 0 saturated heterocycles. The zero-order chi connectivity index (χ0) is 12.4. The zero-order valence-electron chi connectivity index (χ0n) is 9.23. The number of phenolic OH excluding ortho intramolecular Hbond substituents is 1. The molecule has 0 radical (unpaired) electrons. The highest BCUT2D eigenvalue weighted by atomic mass is 16.3. The number of furan rings is 1. The van der Waals surface area contributed by atoms with Crippen LogP contribution in [-0.4, -0.2) is 11.0 Å². The van der Waals surface area contributed by atoms with Gasteiger partial charge >= 0.3 is 0 Å². The van der Waals surface area contributed by atoms with Crippen molar-refractivity contribution in [3.05, 3.63) is 41.9 Å². The van der Waals surface area contributed by atoms with Gasteiger partial charge in [-0.05, 0) is 25.1 Å². The van der Waals surface area contributed by atoms with E-state index in [0.29, 0.717) is 22.7 Å². The molecule has 0 fully saturated rings. The number of nitrogens with one attached hydrogen (secondary N) is 1. The second-order valence-corrected chi connectivity index (χ2v) is 3.62. The van der Waals surface area contributed by atoms with Crippen molar-refractivity contribution in [3.8, 4) is 5.75 Å². The number of amides is 1. The summed E-state index contributed by atoms with van der Waals surface area (Å²) in [7, 11) is 0. The smallest absolute Gasteiger partial charge is 0.259 e. The lowest BCUT2D eigenvalue weighted by Gasteiger charge is -2.07. The Hall–Kier alpha value is -2.43. The van der Waals surface area contributed by atoms with Crippen molar-refractivity contribution < 1.29 is 14.3 Å². The molecule has 1 heterocycles. The van der Waals surface area contributed by atoms with Crippen molar-refractivity contribution in [2.45, 2.75) is 6.92 Å². The standard InChI is InChI=1S/C12H12N2O3/c1-7-9(4-5-17-7)12(16)14-11-3-2-8(15)6-10(11)13/h2-6,15H,13H2,1H3,(H,14,16). The highest BCUT2D eigenvalue weighted by Gasteiger charge is 2.12. The quantitative estimate of drug-likeness (QED) is 0.546. The lowest BCUT2D eigenvalue weighted by Crippen LogP contribution is -2.13. The third-order valence-corrected chi connectivity index (χ3v) is 2.39. The van der Waals surface area contributed by atoms with Crippen LogP contribution in [0.4, 0.5) is 11.4 Å². The van der Waals surface area contributed by atoms with Gasteiger partial charge in [0, 0.05) is 6.07 Å². The topological polar surface area (TPSA) is 88.5 Å². The molecule has 88 valence electrons. The molecule has 0 spiro atoms. The predicted molar refractivity (Wildman–Crippen MR) is 63.9 cm³/mol. The first kappa shape index (κ1) is 11.1. The molecule has 1 aromatic heterocycles. The summed E-state index contributed by atoms with van der Waals surface area (Å²) in [5, 5.41) is 11.8. The third-order valence-electron chi connectivity index (χ3n) is 2.39. The van der Waals surface area contributed by atoms with Crippen LogP contribution in [0.25, 0.3) is 0 Å². The van der Waals surface area contributed by atoms with Gasteiger partial charge in [-0.15, -0.1) is 0 Å². The Labute approximate surface area is 97.9 Å². The number of hydrogen-bond donors (Lipinski definition) is 3. The predicted octanol–water partition coefficient (Wildman–Crippen LogP) is 2.13. The Morgan fingerprint density at radius 2 is 2.18 bits per heavy atom. The minimum Gasteiger partial charge on any atom is -0.508 e. The molecule has 0 saturated carbocycles. The molecule has 4 N–H and O–H groups in total. The number of nitrogens with two attached hydrogens (primary N) is 1. The fourth-order valence-corrected chi connectivity index (χ4v) is 1.47. The Balaban J connectivity index is 2.22. The fraction of sp³-hybridized carbons (Fsp3) is 0.0833. The largest absolute Gasteiger partial charge is 0.508 e. The molecule has 17 heavy (non-hydrogen) atoms. The molecule has 0 aliphatic heterocycles. The van der Waals surface area contributed by atoms with E-state index in [9.17, 15) is 9.90 Å². The minimum absolute atomic E-state index is 0.0555. The van der Waals surface area contributed by atoms with E-state index < -0.39 is 0 Å². The normalized spacial score (nSPS) is 10.2. The molecular weight excluding hydrogens is 220 g/mol. The van der Waals surface area contributed by atoms with Crippen LogP contribution >= 0.6 is 0 Å². The van der Waals surface area contributed by atoms with E-state index in [2.05, 4.69) is 5.32 Å². The van der Waals surface area contributed by atoms with Crippen molar-refractivity contribution in [2.75, 3.05) is 11.1 Å². The van der Waals surface area contributed by atoms with Crippen LogP contribution in [-0.2, 0) is 0 Å². The fourth-order valence-electron chi connectivity index (χ4n) is 1.47. The molecule has 0 aliphatic rings. The van der Waals surface area contributed by atoms with Gasteiger partial charge in [0.15, 0.2) is 0 Å². The molecule has 5 heteroatoms. The van der Waals surface area contributed by atoms with Crippen LogP contribution in [0.1, 0.15) is 16.1 Å². The Bertz CT molecular complexity index is 561. The van der Waals surface area contributed by atoms with Crippen molar-refractivity contribution in [1.82, 2.24) is 0 Å². The van der Waals surface area contributed by atoms with Crippen LogP contribution in [0.2, 0.25) is 0 Å². The SMILES string of the molecule is Cc1occc1C(=O)Nc1ccc(O)cc1N. The number of hydrogen-bond acceptors (Lipinski definition) is 4. The van der Waals surface area contributed by atoms with Crippen molar-refractivity contribution in [3.63, 3.8) is 0 Å². The summed E-state index contributed by atoms with van der Waals surface area (Å²) in [5.74, 6) is 0.300. The van der Waals surface area contributed by atoms with Gasteiger partial charge in [0.2, 0.25) is 0 Å². The third kappa shape index (κ3) is 2.23. The Morgan fingerprint density at radius 3 is 2.76 bits per heavy atom. The van der Waals surface area contributed by atoms with E-state index in [1.54, 1.807) is 13.0 Å². The van der Waals surface area contributed by atoms with Crippen LogP contribution in [0.5, 0.6) is 5.75 Å². The van der Waals surface area contributed by atoms with Gasteiger partial charge in [-0.25, -0.2) is 0 Å². The second kappa shape index (κ2) is 4.21. The van der Waals surface area contributed by atoms with E-state index in [0.717, 1.165) is 0 Å². The van der Waals surface area contributed by atoms with Gasteiger partial charge in [-0.2, -0.15) is 0 Å². The number of anilines is 2. The number of carbonyl (C=O) groups excluding carboxylic acids is 1.